The second kappa shape index (κ2) is 8.66. The zero-order valence-electron chi connectivity index (χ0n) is 18.6. The molecule has 0 aliphatic carbocycles. The fourth-order valence-electron chi connectivity index (χ4n) is 4.07. The van der Waals surface area contributed by atoms with Crippen molar-refractivity contribution in [2.24, 2.45) is 0 Å². The Morgan fingerprint density at radius 3 is 2.55 bits per heavy atom. The van der Waals surface area contributed by atoms with Crippen LogP contribution in [0.1, 0.15) is 66.1 Å². The van der Waals surface area contributed by atoms with Crippen LogP contribution in [0.3, 0.4) is 0 Å². The molecule has 1 fully saturated rings. The minimum Gasteiger partial charge on any atom is -0.444 e. The van der Waals surface area contributed by atoms with E-state index in [1.165, 1.54) is 0 Å². The number of amides is 1. The van der Waals surface area contributed by atoms with E-state index in [0.29, 0.717) is 6.54 Å². The highest BCUT2D eigenvalue weighted by Gasteiger charge is 2.39. The van der Waals surface area contributed by atoms with Gasteiger partial charge in [0.1, 0.15) is 5.60 Å². The second-order valence-corrected chi connectivity index (χ2v) is 8.92. The van der Waals surface area contributed by atoms with Crippen molar-refractivity contribution in [3.63, 3.8) is 0 Å². The molecule has 2 aromatic rings. The van der Waals surface area contributed by atoms with Gasteiger partial charge in [0.15, 0.2) is 5.65 Å². The van der Waals surface area contributed by atoms with Gasteiger partial charge in [-0.25, -0.2) is 14.8 Å². The third kappa shape index (κ3) is 4.86. The van der Waals surface area contributed by atoms with Crippen LogP contribution in [-0.4, -0.2) is 56.6 Å². The van der Waals surface area contributed by atoms with Gasteiger partial charge in [-0.15, -0.1) is 0 Å². The van der Waals surface area contributed by atoms with E-state index in [0.717, 1.165) is 36.1 Å². The molecule has 3 heterocycles. The summed E-state index contributed by atoms with van der Waals surface area (Å²) >= 11 is 0. The van der Waals surface area contributed by atoms with Crippen molar-refractivity contribution >= 4 is 17.1 Å². The van der Waals surface area contributed by atoms with Crippen molar-refractivity contribution in [2.75, 3.05) is 13.1 Å². The van der Waals surface area contributed by atoms with Gasteiger partial charge in [0.2, 0.25) is 0 Å². The molecule has 1 amide bonds. The first-order valence-electron chi connectivity index (χ1n) is 10.7. The molecule has 0 saturated carbocycles. The Morgan fingerprint density at radius 2 is 1.90 bits per heavy atom. The number of nitrogens with zero attached hydrogens (tertiary/aromatic N) is 4. The molecule has 29 heavy (non-hydrogen) atoms. The molecule has 2 aromatic heterocycles. The van der Waals surface area contributed by atoms with E-state index in [1.54, 1.807) is 6.20 Å². The molecule has 0 spiro atoms. The Balaban J connectivity index is 1.82. The highest BCUT2D eigenvalue weighted by molar-refractivity contribution is 5.74. The van der Waals surface area contributed by atoms with E-state index in [-0.39, 0.29) is 24.2 Å². The summed E-state index contributed by atoms with van der Waals surface area (Å²) in [5, 5.41) is 1.05. The standard InChI is InChI=1S/C23H34N4O2/c1-7-18-15-27(22(28)29-23(4,5)6)19(8-2)14-26(18)16(3)20-12-11-17-10-9-13-24-21(17)25-20/h9-13,16,18-19H,7-8,14-15H2,1-6H3/t16?,18-,19+/m1/s1. The van der Waals surface area contributed by atoms with E-state index in [4.69, 9.17) is 9.72 Å². The predicted molar refractivity (Wildman–Crippen MR) is 116 cm³/mol. The number of ether oxygens (including phenoxy) is 1. The number of aromatic nitrogens is 2. The van der Waals surface area contributed by atoms with E-state index in [1.807, 2.05) is 37.8 Å². The van der Waals surface area contributed by atoms with Gasteiger partial charge in [0, 0.05) is 42.8 Å². The molecule has 6 nitrogen and oxygen atoms in total. The largest absolute Gasteiger partial charge is 0.444 e. The third-order valence-electron chi connectivity index (χ3n) is 5.72. The molecule has 1 aliphatic heterocycles. The molecule has 0 aromatic carbocycles. The molecule has 1 saturated heterocycles. The van der Waals surface area contributed by atoms with Gasteiger partial charge in [0.25, 0.3) is 0 Å². The van der Waals surface area contributed by atoms with Crippen LogP contribution in [-0.2, 0) is 4.74 Å². The number of carbonyl (C=O) groups excluding carboxylic acids is 1. The normalized spacial score (nSPS) is 21.9. The first-order valence-corrected chi connectivity index (χ1v) is 10.7. The maximum absolute atomic E-state index is 12.8. The number of rotatable bonds is 4. The second-order valence-electron chi connectivity index (χ2n) is 8.92. The third-order valence-corrected chi connectivity index (χ3v) is 5.72. The summed E-state index contributed by atoms with van der Waals surface area (Å²) in [6.07, 6.45) is 3.44. The lowest BCUT2D eigenvalue weighted by Crippen LogP contribution is -2.60. The molecule has 1 aliphatic rings. The predicted octanol–water partition coefficient (Wildman–Crippen LogP) is 4.80. The molecule has 3 rings (SSSR count). The summed E-state index contributed by atoms with van der Waals surface area (Å²) in [5.41, 5.74) is 1.32. The number of hydrogen-bond donors (Lipinski definition) is 0. The van der Waals surface area contributed by atoms with E-state index >= 15 is 0 Å². The van der Waals surface area contributed by atoms with Crippen molar-refractivity contribution in [1.82, 2.24) is 19.8 Å². The lowest BCUT2D eigenvalue weighted by atomic mass is 9.99. The molecule has 6 heteroatoms. The summed E-state index contributed by atoms with van der Waals surface area (Å²) in [5.74, 6) is 0. The molecule has 3 atom stereocenters. The Labute approximate surface area is 174 Å². The highest BCUT2D eigenvalue weighted by atomic mass is 16.6. The van der Waals surface area contributed by atoms with Gasteiger partial charge in [-0.05, 0) is 64.8 Å². The number of carbonyl (C=O) groups is 1. The summed E-state index contributed by atoms with van der Waals surface area (Å²) < 4.78 is 5.68. The lowest BCUT2D eigenvalue weighted by Gasteiger charge is -2.48. The van der Waals surface area contributed by atoms with Crippen LogP contribution < -0.4 is 0 Å². The maximum Gasteiger partial charge on any atom is 0.410 e. The summed E-state index contributed by atoms with van der Waals surface area (Å²) in [7, 11) is 0. The summed E-state index contributed by atoms with van der Waals surface area (Å²) in [6, 6.07) is 8.71. The zero-order valence-corrected chi connectivity index (χ0v) is 18.6. The minimum atomic E-state index is -0.483. The number of fused-ring (bicyclic) bond motifs is 1. The molecular weight excluding hydrogens is 364 g/mol. The molecule has 0 N–H and O–H groups in total. The van der Waals surface area contributed by atoms with Gasteiger partial charge >= 0.3 is 6.09 Å². The first-order chi connectivity index (χ1) is 13.7. The maximum atomic E-state index is 12.8. The smallest absolute Gasteiger partial charge is 0.410 e. The molecule has 0 radical (unpaired) electrons. The fraction of sp³-hybridized carbons (Fsp3) is 0.609. The van der Waals surface area contributed by atoms with Crippen LogP contribution in [0.4, 0.5) is 4.79 Å². The molecule has 158 valence electrons. The summed E-state index contributed by atoms with van der Waals surface area (Å²) in [6.45, 7) is 13.8. The van der Waals surface area contributed by atoms with Crippen molar-refractivity contribution in [1.29, 1.82) is 0 Å². The van der Waals surface area contributed by atoms with Gasteiger partial charge in [-0.3, -0.25) is 4.90 Å². The molecule has 1 unspecified atom stereocenters. The van der Waals surface area contributed by atoms with Gasteiger partial charge < -0.3 is 9.64 Å². The lowest BCUT2D eigenvalue weighted by molar-refractivity contribution is -0.0272. The van der Waals surface area contributed by atoms with E-state index in [9.17, 15) is 4.79 Å². The van der Waals surface area contributed by atoms with Crippen LogP contribution in [0.5, 0.6) is 0 Å². The number of hydrogen-bond acceptors (Lipinski definition) is 5. The number of pyridine rings is 2. The van der Waals surface area contributed by atoms with Crippen LogP contribution in [0.15, 0.2) is 30.5 Å². The van der Waals surface area contributed by atoms with Gasteiger partial charge in [0.05, 0.1) is 5.69 Å². The van der Waals surface area contributed by atoms with Crippen molar-refractivity contribution in [3.05, 3.63) is 36.2 Å². The van der Waals surface area contributed by atoms with Crippen molar-refractivity contribution in [2.45, 2.75) is 78.1 Å². The number of piperazine rings is 1. The topological polar surface area (TPSA) is 58.6 Å². The Bertz CT molecular complexity index is 848. The average Bonchev–Trinajstić information content (AvgIpc) is 2.70. The van der Waals surface area contributed by atoms with Crippen LogP contribution in [0.25, 0.3) is 11.0 Å². The average molecular weight is 399 g/mol. The minimum absolute atomic E-state index is 0.133. The molecule has 0 bridgehead atoms. The molecular formula is C23H34N4O2. The first kappa shape index (κ1) is 21.5. The Hall–Kier alpha value is -2.21. The zero-order chi connectivity index (χ0) is 21.2. The Kier molecular flexibility index (Phi) is 6.42. The summed E-state index contributed by atoms with van der Waals surface area (Å²) in [4.78, 5) is 26.4. The van der Waals surface area contributed by atoms with Gasteiger partial charge in [-0.1, -0.05) is 13.8 Å². The van der Waals surface area contributed by atoms with Crippen LogP contribution in [0, 0.1) is 0 Å². The van der Waals surface area contributed by atoms with E-state index in [2.05, 4.69) is 42.8 Å². The Morgan fingerprint density at radius 1 is 1.17 bits per heavy atom. The van der Waals surface area contributed by atoms with Gasteiger partial charge in [-0.2, -0.15) is 0 Å². The van der Waals surface area contributed by atoms with E-state index < -0.39 is 5.60 Å². The SMILES string of the molecule is CC[C@H]1CN(C(C)c2ccc3cccnc3n2)[C@H](CC)CN1C(=O)OC(C)(C)C. The van der Waals surface area contributed by atoms with Crippen molar-refractivity contribution in [3.8, 4) is 0 Å². The quantitative estimate of drug-likeness (QED) is 0.740. The fourth-order valence-corrected chi connectivity index (χ4v) is 4.07. The van der Waals surface area contributed by atoms with Crippen LogP contribution >= 0.6 is 0 Å². The highest BCUT2D eigenvalue weighted by Crippen LogP contribution is 2.30. The van der Waals surface area contributed by atoms with Crippen LogP contribution in [0.2, 0.25) is 0 Å². The van der Waals surface area contributed by atoms with Crippen molar-refractivity contribution < 1.29 is 9.53 Å². The monoisotopic (exact) mass is 398 g/mol.